The van der Waals surface area contributed by atoms with E-state index in [9.17, 15) is 9.59 Å². The predicted molar refractivity (Wildman–Crippen MR) is 131 cm³/mol. The van der Waals surface area contributed by atoms with Crippen molar-refractivity contribution in [2.24, 2.45) is 0 Å². The molecule has 0 aromatic heterocycles. The Labute approximate surface area is 207 Å². The number of esters is 1. The molecule has 1 atom stereocenters. The van der Waals surface area contributed by atoms with E-state index >= 15 is 0 Å². The van der Waals surface area contributed by atoms with Gasteiger partial charge < -0.3 is 19.1 Å². The molecule has 0 radical (unpaired) electrons. The number of nitrogens with zero attached hydrogens (tertiary/aromatic N) is 3. The summed E-state index contributed by atoms with van der Waals surface area (Å²) in [6.45, 7) is 3.92. The number of ether oxygens (including phenoxy) is 3. The van der Waals surface area contributed by atoms with Gasteiger partial charge in [0.15, 0.2) is 0 Å². The van der Waals surface area contributed by atoms with Crippen LogP contribution in [0.3, 0.4) is 0 Å². The molecule has 186 valence electrons. The number of piperazine rings is 1. The van der Waals surface area contributed by atoms with Crippen LogP contribution in [0, 0.1) is 11.3 Å². The lowest BCUT2D eigenvalue weighted by Gasteiger charge is -2.36. The lowest BCUT2D eigenvalue weighted by Crippen LogP contribution is -2.49. The Kier molecular flexibility index (Phi) is 10.1. The van der Waals surface area contributed by atoms with Crippen LogP contribution in [-0.4, -0.2) is 68.6 Å². The van der Waals surface area contributed by atoms with Crippen molar-refractivity contribution in [3.8, 4) is 11.8 Å². The Morgan fingerprint density at radius 1 is 1.03 bits per heavy atom. The van der Waals surface area contributed by atoms with Gasteiger partial charge in [-0.2, -0.15) is 5.26 Å². The lowest BCUT2D eigenvalue weighted by atomic mass is 10.1. The number of carbonyl (C=O) groups is 2. The van der Waals surface area contributed by atoms with E-state index in [2.05, 4.69) is 15.7 Å². The summed E-state index contributed by atoms with van der Waals surface area (Å²) in [7, 11) is 3.00. The largest absolute Gasteiger partial charge is 0.497 e. The molecule has 0 saturated carbocycles. The average molecular weight is 480 g/mol. The van der Waals surface area contributed by atoms with E-state index in [-0.39, 0.29) is 24.4 Å². The molecular formula is C27H33N3O5. The SMILES string of the molecule is COC(=O)CCCC(=O)N1CCN(C[C@H](OCc2ccc(C#N)cc2)c2cccc(OC)c2)CC1. The van der Waals surface area contributed by atoms with E-state index < -0.39 is 0 Å². The molecule has 8 heteroatoms. The normalized spacial score (nSPS) is 14.7. The number of rotatable bonds is 11. The van der Waals surface area contributed by atoms with Crippen molar-refractivity contribution in [3.63, 3.8) is 0 Å². The summed E-state index contributed by atoms with van der Waals surface area (Å²) in [5.74, 6) is 0.569. The van der Waals surface area contributed by atoms with E-state index in [1.165, 1.54) is 7.11 Å². The van der Waals surface area contributed by atoms with Crippen LogP contribution in [0.2, 0.25) is 0 Å². The van der Waals surface area contributed by atoms with Crippen molar-refractivity contribution in [2.45, 2.75) is 32.0 Å². The van der Waals surface area contributed by atoms with Gasteiger partial charge in [-0.25, -0.2) is 0 Å². The smallest absolute Gasteiger partial charge is 0.305 e. The highest BCUT2D eigenvalue weighted by molar-refractivity contribution is 5.77. The predicted octanol–water partition coefficient (Wildman–Crippen LogP) is 3.31. The summed E-state index contributed by atoms with van der Waals surface area (Å²) in [6.07, 6.45) is 0.950. The number of benzene rings is 2. The highest BCUT2D eigenvalue weighted by Crippen LogP contribution is 2.25. The minimum Gasteiger partial charge on any atom is -0.497 e. The van der Waals surface area contributed by atoms with Gasteiger partial charge in [0.05, 0.1) is 38.6 Å². The maximum atomic E-state index is 12.5. The number of amides is 1. The first-order chi connectivity index (χ1) is 17.0. The van der Waals surface area contributed by atoms with Gasteiger partial charge in [0.1, 0.15) is 5.75 Å². The lowest BCUT2D eigenvalue weighted by molar-refractivity contribution is -0.141. The second-order valence-corrected chi connectivity index (χ2v) is 8.50. The number of carbonyl (C=O) groups excluding carboxylic acids is 2. The third-order valence-electron chi connectivity index (χ3n) is 6.15. The molecule has 3 rings (SSSR count). The second-order valence-electron chi connectivity index (χ2n) is 8.50. The molecular weight excluding hydrogens is 446 g/mol. The van der Waals surface area contributed by atoms with Crippen LogP contribution in [0.1, 0.15) is 42.1 Å². The molecule has 8 nitrogen and oxygen atoms in total. The summed E-state index contributed by atoms with van der Waals surface area (Å²) < 4.78 is 16.4. The zero-order valence-electron chi connectivity index (χ0n) is 20.4. The molecule has 35 heavy (non-hydrogen) atoms. The van der Waals surface area contributed by atoms with Gasteiger partial charge in [0.2, 0.25) is 5.91 Å². The van der Waals surface area contributed by atoms with Crippen LogP contribution in [0.25, 0.3) is 0 Å². The molecule has 1 fully saturated rings. The summed E-state index contributed by atoms with van der Waals surface area (Å²) in [5, 5.41) is 9.01. The van der Waals surface area contributed by atoms with E-state index in [0.29, 0.717) is 44.6 Å². The van der Waals surface area contributed by atoms with Crippen molar-refractivity contribution in [3.05, 3.63) is 65.2 Å². The molecule has 2 aromatic carbocycles. The third-order valence-corrected chi connectivity index (χ3v) is 6.15. The first kappa shape index (κ1) is 26.2. The Morgan fingerprint density at radius 3 is 2.43 bits per heavy atom. The first-order valence-electron chi connectivity index (χ1n) is 11.8. The monoisotopic (exact) mass is 479 g/mol. The van der Waals surface area contributed by atoms with E-state index in [1.807, 2.05) is 41.3 Å². The van der Waals surface area contributed by atoms with E-state index in [4.69, 9.17) is 14.7 Å². The minimum atomic E-state index is -0.285. The van der Waals surface area contributed by atoms with Gasteiger partial charge in [-0.3, -0.25) is 14.5 Å². The van der Waals surface area contributed by atoms with Crippen LogP contribution in [-0.2, 0) is 25.7 Å². The Bertz CT molecular complexity index is 1010. The molecule has 0 spiro atoms. The topological polar surface area (TPSA) is 92.1 Å². The quantitative estimate of drug-likeness (QED) is 0.457. The van der Waals surface area contributed by atoms with Crippen molar-refractivity contribution in [1.29, 1.82) is 5.26 Å². The molecule has 1 aliphatic heterocycles. The Hall–Kier alpha value is -3.41. The Morgan fingerprint density at radius 2 is 1.77 bits per heavy atom. The molecule has 1 saturated heterocycles. The molecule has 1 amide bonds. The molecule has 1 aliphatic rings. The van der Waals surface area contributed by atoms with Crippen molar-refractivity contribution < 1.29 is 23.8 Å². The van der Waals surface area contributed by atoms with Gasteiger partial charge in [-0.05, 0) is 41.8 Å². The first-order valence-corrected chi connectivity index (χ1v) is 11.8. The Balaban J connectivity index is 1.57. The zero-order valence-corrected chi connectivity index (χ0v) is 20.4. The van der Waals surface area contributed by atoms with Gasteiger partial charge in [0.25, 0.3) is 0 Å². The van der Waals surface area contributed by atoms with Crippen LogP contribution >= 0.6 is 0 Å². The summed E-state index contributed by atoms with van der Waals surface area (Å²) in [6, 6.07) is 17.4. The number of nitriles is 1. The highest BCUT2D eigenvalue weighted by Gasteiger charge is 2.24. The zero-order chi connectivity index (χ0) is 25.0. The molecule has 0 bridgehead atoms. The average Bonchev–Trinajstić information content (AvgIpc) is 2.91. The fourth-order valence-corrected chi connectivity index (χ4v) is 4.03. The highest BCUT2D eigenvalue weighted by atomic mass is 16.5. The maximum Gasteiger partial charge on any atom is 0.305 e. The van der Waals surface area contributed by atoms with Crippen molar-refractivity contribution >= 4 is 11.9 Å². The van der Waals surface area contributed by atoms with Crippen LogP contribution in [0.5, 0.6) is 5.75 Å². The fraction of sp³-hybridized carbons (Fsp3) is 0.444. The standard InChI is InChI=1S/C27H33N3O5/c1-33-24-6-3-5-23(17-24)25(35-20-22-11-9-21(18-28)10-12-22)19-29-13-15-30(16-14-29)26(31)7-4-8-27(32)34-2/h3,5-6,9-12,17,25H,4,7-8,13-16,19-20H2,1-2H3/t25-/m0/s1. The summed E-state index contributed by atoms with van der Waals surface area (Å²) >= 11 is 0. The fourth-order valence-electron chi connectivity index (χ4n) is 4.03. The minimum absolute atomic E-state index is 0.0787. The summed E-state index contributed by atoms with van der Waals surface area (Å²) in [5.41, 5.74) is 2.65. The van der Waals surface area contributed by atoms with Crippen LogP contribution < -0.4 is 4.74 Å². The maximum absolute atomic E-state index is 12.5. The van der Waals surface area contributed by atoms with Crippen molar-refractivity contribution in [2.75, 3.05) is 46.9 Å². The van der Waals surface area contributed by atoms with E-state index in [1.54, 1.807) is 19.2 Å². The number of methoxy groups -OCH3 is 2. The number of hydrogen-bond acceptors (Lipinski definition) is 7. The third kappa shape index (κ3) is 8.09. The molecule has 0 aliphatic carbocycles. The molecule has 1 heterocycles. The van der Waals surface area contributed by atoms with Gasteiger partial charge in [0, 0.05) is 45.6 Å². The van der Waals surface area contributed by atoms with Gasteiger partial charge in [-0.15, -0.1) is 0 Å². The molecule has 0 unspecified atom stereocenters. The molecule has 0 N–H and O–H groups in total. The second kappa shape index (κ2) is 13.5. The van der Waals surface area contributed by atoms with Crippen LogP contribution in [0.4, 0.5) is 0 Å². The van der Waals surface area contributed by atoms with Gasteiger partial charge in [-0.1, -0.05) is 24.3 Å². The van der Waals surface area contributed by atoms with Gasteiger partial charge >= 0.3 is 5.97 Å². The van der Waals surface area contributed by atoms with E-state index in [0.717, 1.165) is 30.0 Å². The van der Waals surface area contributed by atoms with Crippen LogP contribution in [0.15, 0.2) is 48.5 Å². The summed E-state index contributed by atoms with van der Waals surface area (Å²) in [4.78, 5) is 27.9. The van der Waals surface area contributed by atoms with Crippen molar-refractivity contribution in [1.82, 2.24) is 9.80 Å². The molecule has 2 aromatic rings. The number of hydrogen-bond donors (Lipinski definition) is 0.